The first kappa shape index (κ1) is 41.3. The standard InChI is InChI=1S/C42H45FN6O8S/c1-5-49-32-20-33(31(43)19-30(32)35(50)21-34(49)40(52)53)47-15-17-48(18-16-47)42(55)57-24-28-11-13-29(14-12-28)45-38(51)26(4)36-22-44-39(58-36)37(25(2)3)46-41(54)56-23-27-9-7-6-8-10-27/h6-14,19-22,25-26,37H,5,15-18,23-24H2,1-4H3,(H,45,51)(H,46,54)(H,52,53)/t26-,37+/m1/s1. The van der Waals surface area contributed by atoms with Crippen LogP contribution in [0.4, 0.5) is 25.4 Å². The van der Waals surface area contributed by atoms with Crippen molar-refractivity contribution < 1.29 is 38.1 Å². The molecule has 0 radical (unpaired) electrons. The lowest BCUT2D eigenvalue weighted by Gasteiger charge is -2.35. The second-order valence-corrected chi connectivity index (χ2v) is 15.3. The van der Waals surface area contributed by atoms with Crippen LogP contribution in [0.25, 0.3) is 10.9 Å². The minimum atomic E-state index is -1.25. The molecule has 1 aliphatic rings. The molecule has 2 atom stereocenters. The fourth-order valence-corrected chi connectivity index (χ4v) is 7.82. The fourth-order valence-electron chi connectivity index (χ4n) is 6.62. The highest BCUT2D eigenvalue weighted by Crippen LogP contribution is 2.31. The van der Waals surface area contributed by atoms with Gasteiger partial charge < -0.3 is 39.6 Å². The number of alkyl carbamates (subject to hydrolysis) is 1. The number of benzene rings is 3. The van der Waals surface area contributed by atoms with Crippen molar-refractivity contribution in [3.63, 3.8) is 0 Å². The molecule has 5 aromatic rings. The number of thiazole rings is 1. The van der Waals surface area contributed by atoms with Crippen molar-refractivity contribution in [1.29, 1.82) is 0 Å². The Labute approximate surface area is 338 Å². The van der Waals surface area contributed by atoms with Crippen LogP contribution >= 0.6 is 11.3 Å². The van der Waals surface area contributed by atoms with Crippen molar-refractivity contribution in [2.24, 2.45) is 5.92 Å². The van der Waals surface area contributed by atoms with Crippen LogP contribution in [0.2, 0.25) is 0 Å². The van der Waals surface area contributed by atoms with Gasteiger partial charge in [-0.2, -0.15) is 0 Å². The van der Waals surface area contributed by atoms with Gasteiger partial charge in [0.15, 0.2) is 5.43 Å². The summed E-state index contributed by atoms with van der Waals surface area (Å²) in [4.78, 5) is 71.6. The number of carbonyl (C=O) groups is 4. The number of aromatic carboxylic acids is 1. The number of hydrogen-bond donors (Lipinski definition) is 3. The number of aromatic nitrogens is 2. The van der Waals surface area contributed by atoms with Gasteiger partial charge in [-0.25, -0.2) is 23.8 Å². The molecule has 3 N–H and O–H groups in total. The van der Waals surface area contributed by atoms with Crippen LogP contribution < -0.4 is 21.0 Å². The second-order valence-electron chi connectivity index (χ2n) is 14.2. The summed E-state index contributed by atoms with van der Waals surface area (Å²) in [6.07, 6.45) is 0.572. The van der Waals surface area contributed by atoms with Crippen molar-refractivity contribution in [1.82, 2.24) is 19.8 Å². The van der Waals surface area contributed by atoms with Gasteiger partial charge in [0.2, 0.25) is 5.91 Å². The maximum Gasteiger partial charge on any atom is 0.410 e. The van der Waals surface area contributed by atoms with Crippen LogP contribution in [0.5, 0.6) is 0 Å². The number of ether oxygens (including phenoxy) is 2. The summed E-state index contributed by atoms with van der Waals surface area (Å²) < 4.78 is 27.7. The molecule has 16 heteroatoms. The number of aryl methyl sites for hydroxylation is 1. The number of carboxylic acids is 1. The Balaban J connectivity index is 0.979. The van der Waals surface area contributed by atoms with E-state index < -0.39 is 41.4 Å². The number of anilines is 2. The largest absolute Gasteiger partial charge is 0.477 e. The zero-order valence-corrected chi connectivity index (χ0v) is 33.4. The molecule has 14 nitrogen and oxygen atoms in total. The van der Waals surface area contributed by atoms with E-state index in [-0.39, 0.29) is 61.4 Å². The Bertz CT molecular complexity index is 2340. The van der Waals surface area contributed by atoms with E-state index in [1.807, 2.05) is 44.2 Å². The van der Waals surface area contributed by atoms with Gasteiger partial charge in [-0.15, -0.1) is 11.3 Å². The molecule has 0 unspecified atom stereocenters. The smallest absolute Gasteiger partial charge is 0.410 e. The van der Waals surface area contributed by atoms with Gasteiger partial charge in [0.05, 0.1) is 23.2 Å². The molecule has 3 heterocycles. The van der Waals surface area contributed by atoms with Gasteiger partial charge in [0.1, 0.15) is 29.7 Å². The number of carboxylic acid groups (broad SMARTS) is 1. The van der Waals surface area contributed by atoms with Gasteiger partial charge in [-0.3, -0.25) is 9.59 Å². The van der Waals surface area contributed by atoms with E-state index in [4.69, 9.17) is 9.47 Å². The summed E-state index contributed by atoms with van der Waals surface area (Å²) in [7, 11) is 0. The van der Waals surface area contributed by atoms with Crippen LogP contribution in [-0.4, -0.2) is 69.8 Å². The number of nitrogens with one attached hydrogen (secondary N) is 2. The number of fused-ring (bicyclic) bond motifs is 1. The third-order valence-corrected chi connectivity index (χ3v) is 11.2. The number of carbonyl (C=O) groups excluding carboxylic acids is 3. The maximum absolute atomic E-state index is 15.3. The number of rotatable bonds is 13. The molecule has 1 fully saturated rings. The number of hydrogen-bond acceptors (Lipinski definition) is 10. The van der Waals surface area contributed by atoms with Crippen LogP contribution in [0.3, 0.4) is 0 Å². The average molecular weight is 813 g/mol. The maximum atomic E-state index is 15.3. The molecule has 0 aliphatic carbocycles. The Morgan fingerprint density at radius 1 is 0.914 bits per heavy atom. The number of nitrogens with zero attached hydrogens (tertiary/aromatic N) is 4. The normalized spacial score (nSPS) is 13.9. The molecule has 1 saturated heterocycles. The highest BCUT2D eigenvalue weighted by molar-refractivity contribution is 7.11. The molecule has 1 aliphatic heterocycles. The molecule has 3 aromatic carbocycles. The van der Waals surface area contributed by atoms with Crippen molar-refractivity contribution in [2.75, 3.05) is 36.4 Å². The van der Waals surface area contributed by atoms with Gasteiger partial charge in [0, 0.05) is 60.9 Å². The second kappa shape index (κ2) is 18.3. The monoisotopic (exact) mass is 812 g/mol. The van der Waals surface area contributed by atoms with Crippen molar-refractivity contribution in [2.45, 2.75) is 59.4 Å². The average Bonchev–Trinajstić information content (AvgIpc) is 3.71. The zero-order valence-electron chi connectivity index (χ0n) is 32.6. The first-order valence-corrected chi connectivity index (χ1v) is 19.7. The van der Waals surface area contributed by atoms with Crippen LogP contribution in [0.1, 0.15) is 71.2 Å². The molecule has 3 amide bonds. The Morgan fingerprint density at radius 3 is 2.24 bits per heavy atom. The molecule has 6 rings (SSSR count). The van der Waals surface area contributed by atoms with E-state index in [2.05, 4.69) is 15.6 Å². The molecular weight excluding hydrogens is 768 g/mol. The number of piperazine rings is 1. The highest BCUT2D eigenvalue weighted by atomic mass is 32.1. The Morgan fingerprint density at radius 2 is 1.59 bits per heavy atom. The van der Waals surface area contributed by atoms with Crippen molar-refractivity contribution >= 4 is 57.7 Å². The summed E-state index contributed by atoms with van der Waals surface area (Å²) in [6, 6.07) is 19.6. The van der Waals surface area contributed by atoms with E-state index >= 15 is 4.39 Å². The van der Waals surface area contributed by atoms with Crippen LogP contribution in [-0.2, 0) is 34.0 Å². The summed E-state index contributed by atoms with van der Waals surface area (Å²) >= 11 is 1.36. The summed E-state index contributed by atoms with van der Waals surface area (Å²) in [5, 5.41) is 16.2. The predicted molar refractivity (Wildman–Crippen MR) is 218 cm³/mol. The van der Waals surface area contributed by atoms with E-state index in [0.717, 1.165) is 22.6 Å². The van der Waals surface area contributed by atoms with E-state index in [1.165, 1.54) is 26.9 Å². The highest BCUT2D eigenvalue weighted by Gasteiger charge is 2.27. The van der Waals surface area contributed by atoms with Crippen molar-refractivity contribution in [3.05, 3.63) is 122 Å². The molecule has 0 bridgehead atoms. The minimum Gasteiger partial charge on any atom is -0.477 e. The number of pyridine rings is 1. The molecule has 304 valence electrons. The number of amides is 3. The lowest BCUT2D eigenvalue weighted by Crippen LogP contribution is -2.49. The molecule has 2 aromatic heterocycles. The number of halogens is 1. The lowest BCUT2D eigenvalue weighted by molar-refractivity contribution is -0.117. The van der Waals surface area contributed by atoms with E-state index in [0.29, 0.717) is 34.9 Å². The Hall–Kier alpha value is -6.29. The molecule has 0 saturated carbocycles. The zero-order chi connectivity index (χ0) is 41.5. The summed E-state index contributed by atoms with van der Waals surface area (Å²) in [6.45, 7) is 8.98. The van der Waals surface area contributed by atoms with Gasteiger partial charge in [0.25, 0.3) is 0 Å². The van der Waals surface area contributed by atoms with Crippen molar-refractivity contribution in [3.8, 4) is 0 Å². The quantitative estimate of drug-likeness (QED) is 0.111. The van der Waals surface area contributed by atoms with E-state index in [1.54, 1.807) is 49.2 Å². The fraction of sp³-hybridized carbons (Fsp3) is 0.333. The third-order valence-electron chi connectivity index (χ3n) is 9.96. The predicted octanol–water partition coefficient (Wildman–Crippen LogP) is 7.14. The SMILES string of the molecule is CCn1c(C(=O)O)cc(=O)c2cc(F)c(N3CCN(C(=O)OCc4ccc(NC(=O)[C@H](C)c5cnc([C@@H](NC(=O)OCc6ccccc6)C(C)C)s5)cc4)CC3)cc21. The van der Waals surface area contributed by atoms with Gasteiger partial charge >= 0.3 is 18.2 Å². The van der Waals surface area contributed by atoms with Crippen LogP contribution in [0.15, 0.2) is 83.8 Å². The van der Waals surface area contributed by atoms with Gasteiger partial charge in [-0.1, -0.05) is 56.3 Å². The van der Waals surface area contributed by atoms with E-state index in [9.17, 15) is 29.1 Å². The molecule has 0 spiro atoms. The topological polar surface area (TPSA) is 172 Å². The molecule has 58 heavy (non-hydrogen) atoms. The first-order valence-electron chi connectivity index (χ1n) is 18.9. The minimum absolute atomic E-state index is 0.00205. The lowest BCUT2D eigenvalue weighted by atomic mass is 10.1. The summed E-state index contributed by atoms with van der Waals surface area (Å²) in [5.74, 6) is -2.60. The van der Waals surface area contributed by atoms with Gasteiger partial charge in [-0.05, 0) is 55.2 Å². The first-order chi connectivity index (χ1) is 27.8. The van der Waals surface area contributed by atoms with Crippen LogP contribution in [0, 0.1) is 11.7 Å². The Kier molecular flexibility index (Phi) is 13.1. The third kappa shape index (κ3) is 9.62. The summed E-state index contributed by atoms with van der Waals surface area (Å²) in [5.41, 5.74) is 1.94. The molecular formula is C42H45FN6O8S.